The molecule has 1 aromatic heterocycles. The number of hydrogen-bond acceptors (Lipinski definition) is 6. The fraction of sp³-hybridized carbons (Fsp3) is 0.333. The van der Waals surface area contributed by atoms with Crippen LogP contribution < -0.4 is 5.32 Å². The molecular weight excluding hydrogens is 356 g/mol. The summed E-state index contributed by atoms with van der Waals surface area (Å²) in [5.74, 6) is 1.28. The van der Waals surface area contributed by atoms with Gasteiger partial charge in [-0.05, 0) is 30.7 Å². The maximum Gasteiger partial charge on any atom is 0.281 e. The van der Waals surface area contributed by atoms with E-state index in [2.05, 4.69) is 5.32 Å². The third-order valence-corrected chi connectivity index (χ3v) is 5.88. The zero-order chi connectivity index (χ0) is 17.3. The van der Waals surface area contributed by atoms with Gasteiger partial charge in [0.25, 0.3) is 5.69 Å². The molecule has 0 amide bonds. The van der Waals surface area contributed by atoms with E-state index in [1.807, 2.05) is 0 Å². The lowest BCUT2D eigenvalue weighted by molar-refractivity contribution is -0.384. The van der Waals surface area contributed by atoms with Gasteiger partial charge in [0.2, 0.25) is 0 Å². The lowest BCUT2D eigenvalue weighted by Gasteiger charge is -2.08. The molecule has 24 heavy (non-hydrogen) atoms. The van der Waals surface area contributed by atoms with Crippen molar-refractivity contribution >= 4 is 27.1 Å². The van der Waals surface area contributed by atoms with Gasteiger partial charge in [-0.3, -0.25) is 10.1 Å². The molecule has 1 aromatic carbocycles. The number of furan rings is 1. The number of nitro benzene ring substituents is 1. The monoisotopic (exact) mass is 370 g/mol. The number of rotatable bonds is 5. The number of sulfone groups is 1. The van der Waals surface area contributed by atoms with Crippen molar-refractivity contribution in [3.05, 3.63) is 51.2 Å². The van der Waals surface area contributed by atoms with Gasteiger partial charge in [-0.15, -0.1) is 0 Å². The second-order valence-electron chi connectivity index (χ2n) is 5.67. The number of nitrogens with zero attached hydrogens (tertiary/aromatic N) is 1. The van der Waals surface area contributed by atoms with Crippen LogP contribution in [0.2, 0.25) is 5.02 Å². The number of nitrogens with one attached hydrogen (secondary N) is 1. The van der Waals surface area contributed by atoms with Gasteiger partial charge in [-0.25, -0.2) is 8.42 Å². The van der Waals surface area contributed by atoms with Gasteiger partial charge in [0.05, 0.1) is 28.5 Å². The van der Waals surface area contributed by atoms with Gasteiger partial charge in [0.15, 0.2) is 9.84 Å². The van der Waals surface area contributed by atoms with Crippen molar-refractivity contribution in [3.8, 4) is 11.3 Å². The second-order valence-corrected chi connectivity index (χ2v) is 8.33. The van der Waals surface area contributed by atoms with Crippen molar-refractivity contribution in [1.29, 1.82) is 0 Å². The maximum absolute atomic E-state index is 11.4. The van der Waals surface area contributed by atoms with Gasteiger partial charge >= 0.3 is 0 Å². The summed E-state index contributed by atoms with van der Waals surface area (Å²) in [6.45, 7) is 0.363. The molecule has 1 unspecified atom stereocenters. The van der Waals surface area contributed by atoms with Crippen molar-refractivity contribution < 1.29 is 17.8 Å². The highest BCUT2D eigenvalue weighted by Crippen LogP contribution is 2.33. The SMILES string of the molecule is O=[N+]([O-])c1cc(Cl)ccc1-c1ccc(CNC2CCS(=O)(=O)C2)o1. The topological polar surface area (TPSA) is 102 Å². The van der Waals surface area contributed by atoms with E-state index in [0.29, 0.717) is 30.0 Å². The third-order valence-electron chi connectivity index (χ3n) is 3.88. The van der Waals surface area contributed by atoms with E-state index in [9.17, 15) is 18.5 Å². The van der Waals surface area contributed by atoms with Crippen LogP contribution in [0.15, 0.2) is 34.7 Å². The van der Waals surface area contributed by atoms with Crippen LogP contribution in [-0.2, 0) is 16.4 Å². The number of hydrogen-bond donors (Lipinski definition) is 1. The predicted molar refractivity (Wildman–Crippen MR) is 89.7 cm³/mol. The lowest BCUT2D eigenvalue weighted by atomic mass is 10.1. The summed E-state index contributed by atoms with van der Waals surface area (Å²) in [5, 5.41) is 14.6. The number of nitro groups is 1. The quantitative estimate of drug-likeness (QED) is 0.641. The Balaban J connectivity index is 1.73. The van der Waals surface area contributed by atoms with Crippen LogP contribution in [0.4, 0.5) is 5.69 Å². The van der Waals surface area contributed by atoms with Crippen LogP contribution in [0.3, 0.4) is 0 Å². The lowest BCUT2D eigenvalue weighted by Crippen LogP contribution is -2.29. The molecule has 3 rings (SSSR count). The predicted octanol–water partition coefficient (Wildman–Crippen LogP) is 2.78. The molecule has 9 heteroatoms. The molecule has 7 nitrogen and oxygen atoms in total. The molecule has 1 N–H and O–H groups in total. The number of halogens is 1. The van der Waals surface area contributed by atoms with Crippen LogP contribution in [0.1, 0.15) is 12.2 Å². The molecule has 0 radical (unpaired) electrons. The Bertz CT molecular complexity index is 878. The highest BCUT2D eigenvalue weighted by Gasteiger charge is 2.27. The first-order valence-corrected chi connectivity index (χ1v) is 9.51. The Morgan fingerprint density at radius 1 is 1.33 bits per heavy atom. The van der Waals surface area contributed by atoms with E-state index in [4.69, 9.17) is 16.0 Å². The average Bonchev–Trinajstić information content (AvgIpc) is 3.11. The zero-order valence-electron chi connectivity index (χ0n) is 12.6. The summed E-state index contributed by atoms with van der Waals surface area (Å²) in [5.41, 5.74) is 0.220. The van der Waals surface area contributed by atoms with Crippen LogP contribution in [0.5, 0.6) is 0 Å². The Morgan fingerprint density at radius 3 is 2.79 bits per heavy atom. The van der Waals surface area contributed by atoms with Crippen molar-refractivity contribution in [2.75, 3.05) is 11.5 Å². The molecule has 1 saturated heterocycles. The van der Waals surface area contributed by atoms with E-state index in [1.165, 1.54) is 6.07 Å². The minimum absolute atomic E-state index is 0.0894. The second kappa shape index (κ2) is 6.54. The smallest absolute Gasteiger partial charge is 0.281 e. The molecule has 0 saturated carbocycles. The van der Waals surface area contributed by atoms with E-state index in [0.717, 1.165) is 0 Å². The first-order valence-electron chi connectivity index (χ1n) is 7.31. The van der Waals surface area contributed by atoms with E-state index < -0.39 is 14.8 Å². The van der Waals surface area contributed by atoms with E-state index in [-0.39, 0.29) is 28.3 Å². The van der Waals surface area contributed by atoms with Crippen molar-refractivity contribution in [2.24, 2.45) is 0 Å². The molecule has 128 valence electrons. The van der Waals surface area contributed by atoms with Gasteiger partial charge in [0, 0.05) is 17.1 Å². The van der Waals surface area contributed by atoms with Crippen molar-refractivity contribution in [3.63, 3.8) is 0 Å². The summed E-state index contributed by atoms with van der Waals surface area (Å²) in [4.78, 5) is 10.6. The molecule has 1 aliphatic heterocycles. The first-order chi connectivity index (χ1) is 11.3. The minimum Gasteiger partial charge on any atom is -0.459 e. The van der Waals surface area contributed by atoms with Crippen LogP contribution in [0, 0.1) is 10.1 Å². The normalized spacial score (nSPS) is 19.5. The summed E-state index contributed by atoms with van der Waals surface area (Å²) in [6, 6.07) is 7.66. The van der Waals surface area contributed by atoms with E-state index in [1.54, 1.807) is 24.3 Å². The summed E-state index contributed by atoms with van der Waals surface area (Å²) >= 11 is 5.80. The van der Waals surface area contributed by atoms with Gasteiger partial charge in [-0.2, -0.15) is 0 Å². The summed E-state index contributed by atoms with van der Waals surface area (Å²) in [6.07, 6.45) is 0.582. The van der Waals surface area contributed by atoms with Crippen molar-refractivity contribution in [2.45, 2.75) is 19.0 Å². The Hall–Kier alpha value is -1.90. The van der Waals surface area contributed by atoms with Crippen molar-refractivity contribution in [1.82, 2.24) is 5.32 Å². The minimum atomic E-state index is -2.94. The summed E-state index contributed by atoms with van der Waals surface area (Å²) < 4.78 is 28.5. The highest BCUT2D eigenvalue weighted by atomic mass is 35.5. The number of benzene rings is 1. The Morgan fingerprint density at radius 2 is 2.12 bits per heavy atom. The van der Waals surface area contributed by atoms with Gasteiger partial charge in [-0.1, -0.05) is 11.6 Å². The van der Waals surface area contributed by atoms with Crippen LogP contribution in [-0.4, -0.2) is 30.9 Å². The molecule has 0 bridgehead atoms. The first kappa shape index (κ1) is 16.9. The molecule has 1 fully saturated rings. The largest absolute Gasteiger partial charge is 0.459 e. The Labute approximate surface area is 143 Å². The fourth-order valence-electron chi connectivity index (χ4n) is 2.68. The fourth-order valence-corrected chi connectivity index (χ4v) is 4.56. The molecule has 2 heterocycles. The molecule has 1 aliphatic rings. The molecular formula is C15H15ClN2O5S. The zero-order valence-corrected chi connectivity index (χ0v) is 14.1. The maximum atomic E-state index is 11.4. The van der Waals surface area contributed by atoms with Crippen LogP contribution in [0.25, 0.3) is 11.3 Å². The summed E-state index contributed by atoms with van der Waals surface area (Å²) in [7, 11) is -2.94. The molecule has 0 aliphatic carbocycles. The molecule has 2 aromatic rings. The van der Waals surface area contributed by atoms with Gasteiger partial charge < -0.3 is 9.73 Å². The van der Waals surface area contributed by atoms with Gasteiger partial charge in [0.1, 0.15) is 11.5 Å². The third kappa shape index (κ3) is 3.77. The average molecular weight is 371 g/mol. The molecule has 0 spiro atoms. The Kier molecular flexibility index (Phi) is 4.62. The standard InChI is InChI=1S/C15H15ClN2O5S/c16-10-1-3-13(14(7-10)18(19)20)15-4-2-12(23-15)8-17-11-5-6-24(21,22)9-11/h1-4,7,11,17H,5-6,8-9H2. The highest BCUT2D eigenvalue weighted by molar-refractivity contribution is 7.91. The van der Waals surface area contributed by atoms with Crippen LogP contribution >= 0.6 is 11.6 Å². The van der Waals surface area contributed by atoms with E-state index >= 15 is 0 Å². The molecule has 1 atom stereocenters.